The maximum atomic E-state index is 11.0. The maximum Gasteiger partial charge on any atom is 0.264 e. The van der Waals surface area contributed by atoms with Crippen LogP contribution in [0.15, 0.2) is 24.3 Å². The van der Waals surface area contributed by atoms with E-state index in [1.165, 1.54) is 11.1 Å². The van der Waals surface area contributed by atoms with Crippen molar-refractivity contribution < 1.29 is 12.6 Å². The van der Waals surface area contributed by atoms with Crippen LogP contribution in [0.4, 0.5) is 0 Å². The molecule has 0 N–H and O–H groups in total. The maximum absolute atomic E-state index is 11.0. The van der Waals surface area contributed by atoms with Gasteiger partial charge in [0.1, 0.15) is 0 Å². The average Bonchev–Trinajstić information content (AvgIpc) is 2.15. The zero-order chi connectivity index (χ0) is 10.9. The van der Waals surface area contributed by atoms with Crippen molar-refractivity contribution in [3.63, 3.8) is 0 Å². The Balaban J connectivity index is 2.12. The van der Waals surface area contributed by atoms with Gasteiger partial charge in [0, 0.05) is 6.42 Å². The van der Waals surface area contributed by atoms with Gasteiger partial charge in [-0.3, -0.25) is 4.18 Å². The van der Waals surface area contributed by atoms with Crippen LogP contribution in [0.3, 0.4) is 0 Å². The normalized spacial score (nSPS) is 21.0. The van der Waals surface area contributed by atoms with Gasteiger partial charge in [-0.15, -0.1) is 0 Å². The molecule has 0 heterocycles. The monoisotopic (exact) mass is 226 g/mol. The fraction of sp³-hybridized carbons (Fsp3) is 0.455. The van der Waals surface area contributed by atoms with Gasteiger partial charge in [0.2, 0.25) is 0 Å². The van der Waals surface area contributed by atoms with Crippen LogP contribution in [0.2, 0.25) is 0 Å². The van der Waals surface area contributed by atoms with Gasteiger partial charge >= 0.3 is 0 Å². The first kappa shape index (κ1) is 10.6. The largest absolute Gasteiger partial charge is 0.267 e. The molecule has 3 nitrogen and oxygen atoms in total. The summed E-state index contributed by atoms with van der Waals surface area (Å²) in [5.74, 6) is 0. The summed E-state index contributed by atoms with van der Waals surface area (Å²) in [4.78, 5) is 0. The highest BCUT2D eigenvalue weighted by Crippen LogP contribution is 2.23. The molecule has 1 aliphatic carbocycles. The molecule has 15 heavy (non-hydrogen) atoms. The Morgan fingerprint density at radius 1 is 1.27 bits per heavy atom. The van der Waals surface area contributed by atoms with Crippen LogP contribution in [0.1, 0.15) is 17.5 Å². The molecule has 1 atom stereocenters. The van der Waals surface area contributed by atoms with Gasteiger partial charge in [-0.05, 0) is 24.0 Å². The number of aryl methyl sites for hydroxylation is 1. The summed E-state index contributed by atoms with van der Waals surface area (Å²) in [6, 6.07) is 8.11. The second kappa shape index (κ2) is 3.94. The van der Waals surface area contributed by atoms with E-state index in [2.05, 4.69) is 6.07 Å². The lowest BCUT2D eigenvalue weighted by molar-refractivity contribution is 0.194. The predicted octanol–water partition coefficient (Wildman–Crippen LogP) is 1.52. The topological polar surface area (TPSA) is 43.4 Å². The van der Waals surface area contributed by atoms with E-state index in [1.54, 1.807) is 0 Å². The molecule has 0 spiro atoms. The van der Waals surface area contributed by atoms with Gasteiger partial charge in [-0.25, -0.2) is 0 Å². The van der Waals surface area contributed by atoms with E-state index in [9.17, 15) is 8.42 Å². The summed E-state index contributed by atoms with van der Waals surface area (Å²) in [5.41, 5.74) is 2.52. The zero-order valence-corrected chi connectivity index (χ0v) is 9.46. The first-order chi connectivity index (χ1) is 7.04. The van der Waals surface area contributed by atoms with Gasteiger partial charge in [0.25, 0.3) is 10.1 Å². The Kier molecular flexibility index (Phi) is 2.80. The third kappa shape index (κ3) is 2.79. The molecule has 0 aliphatic heterocycles. The number of hydrogen-bond donors (Lipinski definition) is 0. The first-order valence-corrected chi connectivity index (χ1v) is 6.81. The van der Waals surface area contributed by atoms with Crippen molar-refractivity contribution in [3.05, 3.63) is 35.4 Å². The minimum atomic E-state index is -3.33. The standard InChI is InChI=1S/C11H14O3S/c1-15(12,13)14-11-7-6-9-4-2-3-5-10(9)8-11/h2-5,11H,6-8H2,1H3. The van der Waals surface area contributed by atoms with Crippen LogP contribution in [0.25, 0.3) is 0 Å². The quantitative estimate of drug-likeness (QED) is 0.718. The van der Waals surface area contributed by atoms with Crippen LogP contribution >= 0.6 is 0 Å². The second-order valence-corrected chi connectivity index (χ2v) is 5.53. The second-order valence-electron chi connectivity index (χ2n) is 3.93. The van der Waals surface area contributed by atoms with Gasteiger partial charge in [0.15, 0.2) is 0 Å². The van der Waals surface area contributed by atoms with Crippen molar-refractivity contribution in [2.24, 2.45) is 0 Å². The van der Waals surface area contributed by atoms with Crippen LogP contribution in [0, 0.1) is 0 Å². The number of fused-ring (bicyclic) bond motifs is 1. The van der Waals surface area contributed by atoms with Crippen LogP contribution in [0.5, 0.6) is 0 Å². The summed E-state index contributed by atoms with van der Waals surface area (Å²) in [6.45, 7) is 0. The highest BCUT2D eigenvalue weighted by atomic mass is 32.2. The van der Waals surface area contributed by atoms with Crippen molar-refractivity contribution in [1.29, 1.82) is 0 Å². The zero-order valence-electron chi connectivity index (χ0n) is 8.64. The van der Waals surface area contributed by atoms with Gasteiger partial charge in [-0.2, -0.15) is 8.42 Å². The fourth-order valence-corrected chi connectivity index (χ4v) is 2.65. The molecule has 4 heteroatoms. The Morgan fingerprint density at radius 3 is 2.60 bits per heavy atom. The molecular formula is C11H14O3S. The van der Waals surface area contributed by atoms with Gasteiger partial charge in [-0.1, -0.05) is 24.3 Å². The summed E-state index contributed by atoms with van der Waals surface area (Å²) < 4.78 is 27.0. The highest BCUT2D eigenvalue weighted by molar-refractivity contribution is 7.86. The van der Waals surface area contributed by atoms with E-state index >= 15 is 0 Å². The fourth-order valence-electron chi connectivity index (χ4n) is 1.99. The predicted molar refractivity (Wildman–Crippen MR) is 58.2 cm³/mol. The molecule has 0 amide bonds. The molecule has 0 bridgehead atoms. The lowest BCUT2D eigenvalue weighted by atomic mass is 9.90. The van der Waals surface area contributed by atoms with E-state index in [4.69, 9.17) is 4.18 Å². The average molecular weight is 226 g/mol. The van der Waals surface area contributed by atoms with Crippen LogP contribution in [-0.2, 0) is 27.1 Å². The minimum Gasteiger partial charge on any atom is -0.267 e. The number of benzene rings is 1. The number of hydrogen-bond acceptors (Lipinski definition) is 3. The third-order valence-electron chi connectivity index (χ3n) is 2.61. The van der Waals surface area contributed by atoms with Crippen molar-refractivity contribution in [2.45, 2.75) is 25.4 Å². The van der Waals surface area contributed by atoms with Gasteiger partial charge < -0.3 is 0 Å². The van der Waals surface area contributed by atoms with Gasteiger partial charge in [0.05, 0.1) is 12.4 Å². The summed E-state index contributed by atoms with van der Waals surface area (Å²) in [5, 5.41) is 0. The molecule has 0 fully saturated rings. The lowest BCUT2D eigenvalue weighted by Gasteiger charge is -2.23. The molecule has 0 radical (unpaired) electrons. The third-order valence-corrected chi connectivity index (χ3v) is 3.23. The Hall–Kier alpha value is -0.870. The Morgan fingerprint density at radius 2 is 1.93 bits per heavy atom. The molecular weight excluding hydrogens is 212 g/mol. The minimum absolute atomic E-state index is 0.185. The molecule has 82 valence electrons. The molecule has 0 aromatic heterocycles. The summed E-state index contributed by atoms with van der Waals surface area (Å²) in [7, 11) is -3.33. The highest BCUT2D eigenvalue weighted by Gasteiger charge is 2.21. The number of rotatable bonds is 2. The van der Waals surface area contributed by atoms with E-state index in [0.29, 0.717) is 6.42 Å². The van der Waals surface area contributed by atoms with Crippen molar-refractivity contribution in [2.75, 3.05) is 6.26 Å². The van der Waals surface area contributed by atoms with Crippen molar-refractivity contribution >= 4 is 10.1 Å². The molecule has 0 saturated heterocycles. The Labute approximate surface area is 90.2 Å². The van der Waals surface area contributed by atoms with E-state index in [-0.39, 0.29) is 6.10 Å². The smallest absolute Gasteiger partial charge is 0.264 e. The first-order valence-electron chi connectivity index (χ1n) is 4.99. The SMILES string of the molecule is CS(=O)(=O)OC1CCc2ccccc2C1. The molecule has 1 aromatic rings. The van der Waals surface area contributed by atoms with E-state index in [0.717, 1.165) is 19.1 Å². The lowest BCUT2D eigenvalue weighted by Crippen LogP contribution is -2.25. The molecule has 1 aliphatic rings. The van der Waals surface area contributed by atoms with E-state index < -0.39 is 10.1 Å². The van der Waals surface area contributed by atoms with Crippen molar-refractivity contribution in [1.82, 2.24) is 0 Å². The summed E-state index contributed by atoms with van der Waals surface area (Å²) >= 11 is 0. The van der Waals surface area contributed by atoms with E-state index in [1.807, 2.05) is 18.2 Å². The molecule has 1 unspecified atom stereocenters. The van der Waals surface area contributed by atoms with Crippen LogP contribution in [-0.4, -0.2) is 20.8 Å². The Bertz CT molecular complexity index is 451. The molecule has 2 rings (SSSR count). The van der Waals surface area contributed by atoms with Crippen LogP contribution < -0.4 is 0 Å². The van der Waals surface area contributed by atoms with Crippen molar-refractivity contribution in [3.8, 4) is 0 Å². The molecule has 0 saturated carbocycles. The summed E-state index contributed by atoms with van der Waals surface area (Å²) in [6.07, 6.45) is 3.30. The molecule has 1 aromatic carbocycles.